The van der Waals surface area contributed by atoms with Crippen LogP contribution in [0.4, 0.5) is 15.8 Å². The molecule has 0 bridgehead atoms. The van der Waals surface area contributed by atoms with Crippen molar-refractivity contribution in [3.05, 3.63) is 54.3 Å². The molecule has 0 aliphatic carbocycles. The molecule has 140 valence electrons. The molecular formula is C18H21FN2O4S. The maximum atomic E-state index is 12.9. The number of anilines is 2. The van der Waals surface area contributed by atoms with Gasteiger partial charge in [-0.05, 0) is 55.0 Å². The van der Waals surface area contributed by atoms with E-state index in [4.69, 9.17) is 4.74 Å². The fraction of sp³-hybridized carbons (Fsp3) is 0.278. The molecule has 0 saturated carbocycles. The number of nitrogens with zero attached hydrogens (tertiary/aromatic N) is 1. The third-order valence-electron chi connectivity index (χ3n) is 3.65. The Morgan fingerprint density at radius 3 is 2.27 bits per heavy atom. The van der Waals surface area contributed by atoms with Crippen LogP contribution >= 0.6 is 0 Å². The fourth-order valence-corrected chi connectivity index (χ4v) is 3.34. The summed E-state index contributed by atoms with van der Waals surface area (Å²) in [5.74, 6) is -0.0213. The van der Waals surface area contributed by atoms with Crippen LogP contribution in [0.15, 0.2) is 48.5 Å². The summed E-state index contributed by atoms with van der Waals surface area (Å²) in [6.07, 6.45) is 1.60. The molecule has 1 N–H and O–H groups in total. The number of halogens is 1. The van der Waals surface area contributed by atoms with Crippen LogP contribution in [0.5, 0.6) is 5.75 Å². The molecule has 0 heterocycles. The van der Waals surface area contributed by atoms with Crippen molar-refractivity contribution >= 4 is 27.3 Å². The minimum Gasteiger partial charge on any atom is -0.497 e. The maximum absolute atomic E-state index is 12.9. The molecule has 2 aromatic rings. The lowest BCUT2D eigenvalue weighted by Crippen LogP contribution is -2.31. The molecule has 26 heavy (non-hydrogen) atoms. The Balaban J connectivity index is 1.94. The topological polar surface area (TPSA) is 75.7 Å². The predicted octanol–water partition coefficient (Wildman–Crippen LogP) is 3.02. The summed E-state index contributed by atoms with van der Waals surface area (Å²) < 4.78 is 43.3. The van der Waals surface area contributed by atoms with Gasteiger partial charge in [0.1, 0.15) is 11.6 Å². The lowest BCUT2D eigenvalue weighted by Gasteiger charge is -2.22. The highest BCUT2D eigenvalue weighted by atomic mass is 32.2. The van der Waals surface area contributed by atoms with Gasteiger partial charge in [0.25, 0.3) is 0 Å². The normalized spacial score (nSPS) is 11.0. The van der Waals surface area contributed by atoms with Gasteiger partial charge in [0.05, 0.1) is 19.1 Å². The Labute approximate surface area is 152 Å². The summed E-state index contributed by atoms with van der Waals surface area (Å²) in [6.45, 7) is 0.169. The second kappa shape index (κ2) is 8.66. The number of carbonyl (C=O) groups is 1. The zero-order chi connectivity index (χ0) is 19.2. The van der Waals surface area contributed by atoms with Crippen molar-refractivity contribution in [2.75, 3.05) is 29.5 Å². The van der Waals surface area contributed by atoms with E-state index in [2.05, 4.69) is 5.32 Å². The van der Waals surface area contributed by atoms with Crippen LogP contribution in [0.2, 0.25) is 0 Å². The maximum Gasteiger partial charge on any atom is 0.232 e. The van der Waals surface area contributed by atoms with E-state index in [1.807, 2.05) is 0 Å². The van der Waals surface area contributed by atoms with Crippen LogP contribution in [0.25, 0.3) is 0 Å². The van der Waals surface area contributed by atoms with Crippen molar-refractivity contribution in [2.45, 2.75) is 12.8 Å². The second-order valence-corrected chi connectivity index (χ2v) is 7.60. The number of hydrogen-bond acceptors (Lipinski definition) is 4. The van der Waals surface area contributed by atoms with Gasteiger partial charge in [-0.1, -0.05) is 0 Å². The minimum atomic E-state index is -3.48. The number of hydrogen-bond donors (Lipinski definition) is 1. The smallest absolute Gasteiger partial charge is 0.232 e. The van der Waals surface area contributed by atoms with Crippen LogP contribution in [-0.4, -0.2) is 34.2 Å². The standard InChI is InChI=1S/C18H21FN2O4S/c1-25-17-11-9-16(10-12-17)21(26(2,23)24)13-3-4-18(22)20-15-7-5-14(19)6-8-15/h5-12H,3-4,13H2,1-2H3,(H,20,22). The van der Waals surface area contributed by atoms with E-state index in [0.29, 0.717) is 23.5 Å². The Morgan fingerprint density at radius 1 is 1.12 bits per heavy atom. The largest absolute Gasteiger partial charge is 0.497 e. The predicted molar refractivity (Wildman–Crippen MR) is 99.4 cm³/mol. The Kier molecular flexibility index (Phi) is 6.57. The summed E-state index contributed by atoms with van der Waals surface area (Å²) in [5, 5.41) is 2.65. The van der Waals surface area contributed by atoms with Gasteiger partial charge in [-0.15, -0.1) is 0 Å². The molecule has 2 aromatic carbocycles. The van der Waals surface area contributed by atoms with Crippen LogP contribution < -0.4 is 14.4 Å². The Bertz CT molecular complexity index is 836. The molecule has 0 aromatic heterocycles. The molecular weight excluding hydrogens is 359 g/mol. The van der Waals surface area contributed by atoms with Crippen molar-refractivity contribution in [3.63, 3.8) is 0 Å². The highest BCUT2D eigenvalue weighted by Crippen LogP contribution is 2.22. The number of amides is 1. The minimum absolute atomic E-state index is 0.138. The van der Waals surface area contributed by atoms with Crippen molar-refractivity contribution in [1.29, 1.82) is 0 Å². The summed E-state index contributed by atoms with van der Waals surface area (Å²) in [7, 11) is -1.95. The highest BCUT2D eigenvalue weighted by molar-refractivity contribution is 7.92. The lowest BCUT2D eigenvalue weighted by atomic mass is 10.2. The molecule has 0 aliphatic rings. The number of methoxy groups -OCH3 is 1. The lowest BCUT2D eigenvalue weighted by molar-refractivity contribution is -0.116. The molecule has 0 saturated heterocycles. The van der Waals surface area contributed by atoms with E-state index in [1.165, 1.54) is 35.7 Å². The molecule has 0 fully saturated rings. The number of rotatable bonds is 8. The number of carbonyl (C=O) groups excluding carboxylic acids is 1. The molecule has 1 amide bonds. The molecule has 2 rings (SSSR count). The van der Waals surface area contributed by atoms with Crippen LogP contribution in [0, 0.1) is 5.82 Å². The van der Waals surface area contributed by atoms with Gasteiger partial charge in [-0.3, -0.25) is 9.10 Å². The second-order valence-electron chi connectivity index (χ2n) is 5.69. The average Bonchev–Trinajstić information content (AvgIpc) is 2.60. The summed E-state index contributed by atoms with van der Waals surface area (Å²) in [5.41, 5.74) is 0.999. The van der Waals surface area contributed by atoms with E-state index in [0.717, 1.165) is 6.26 Å². The van der Waals surface area contributed by atoms with E-state index < -0.39 is 10.0 Å². The van der Waals surface area contributed by atoms with Crippen molar-refractivity contribution in [3.8, 4) is 5.75 Å². The zero-order valence-corrected chi connectivity index (χ0v) is 15.4. The van der Waals surface area contributed by atoms with Crippen molar-refractivity contribution < 1.29 is 22.3 Å². The van der Waals surface area contributed by atoms with Gasteiger partial charge in [0.15, 0.2) is 0 Å². The first-order valence-corrected chi connectivity index (χ1v) is 9.81. The zero-order valence-electron chi connectivity index (χ0n) is 14.6. The number of sulfonamides is 1. The van der Waals surface area contributed by atoms with Crippen LogP contribution in [0.1, 0.15) is 12.8 Å². The third-order valence-corrected chi connectivity index (χ3v) is 4.85. The SMILES string of the molecule is COc1ccc(N(CCCC(=O)Nc2ccc(F)cc2)S(C)(=O)=O)cc1. The fourth-order valence-electron chi connectivity index (χ4n) is 2.37. The molecule has 0 atom stereocenters. The monoisotopic (exact) mass is 380 g/mol. The Hall–Kier alpha value is -2.61. The van der Waals surface area contributed by atoms with E-state index in [9.17, 15) is 17.6 Å². The van der Waals surface area contributed by atoms with Crippen molar-refractivity contribution in [1.82, 2.24) is 0 Å². The van der Waals surface area contributed by atoms with Crippen LogP contribution in [0.3, 0.4) is 0 Å². The molecule has 0 aliphatic heterocycles. The van der Waals surface area contributed by atoms with Gasteiger partial charge in [-0.2, -0.15) is 0 Å². The number of ether oxygens (including phenoxy) is 1. The first-order chi connectivity index (χ1) is 12.3. The number of benzene rings is 2. The molecule has 6 nitrogen and oxygen atoms in total. The van der Waals surface area contributed by atoms with Crippen molar-refractivity contribution in [2.24, 2.45) is 0 Å². The first kappa shape index (κ1) is 19.7. The molecule has 0 radical (unpaired) electrons. The summed E-state index contributed by atoms with van der Waals surface area (Å²) in [6, 6.07) is 12.1. The van der Waals surface area contributed by atoms with Gasteiger partial charge < -0.3 is 10.1 Å². The highest BCUT2D eigenvalue weighted by Gasteiger charge is 2.17. The van der Waals surface area contributed by atoms with E-state index in [1.54, 1.807) is 24.3 Å². The van der Waals surface area contributed by atoms with Crippen LogP contribution in [-0.2, 0) is 14.8 Å². The summed E-state index contributed by atoms with van der Waals surface area (Å²) >= 11 is 0. The Morgan fingerprint density at radius 2 is 1.73 bits per heavy atom. The number of nitrogens with one attached hydrogen (secondary N) is 1. The van der Waals surface area contributed by atoms with Gasteiger partial charge in [0, 0.05) is 18.7 Å². The average molecular weight is 380 g/mol. The van der Waals surface area contributed by atoms with Gasteiger partial charge in [0.2, 0.25) is 15.9 Å². The van der Waals surface area contributed by atoms with E-state index >= 15 is 0 Å². The van der Waals surface area contributed by atoms with E-state index in [-0.39, 0.29) is 24.7 Å². The molecule has 0 unspecified atom stereocenters. The van der Waals surface area contributed by atoms with Gasteiger partial charge >= 0.3 is 0 Å². The first-order valence-electron chi connectivity index (χ1n) is 7.97. The van der Waals surface area contributed by atoms with Gasteiger partial charge in [-0.25, -0.2) is 12.8 Å². The molecule has 8 heteroatoms. The summed E-state index contributed by atoms with van der Waals surface area (Å²) in [4.78, 5) is 12.0. The third kappa shape index (κ3) is 5.73. The quantitative estimate of drug-likeness (QED) is 0.764. The molecule has 0 spiro atoms.